The van der Waals surface area contributed by atoms with E-state index in [9.17, 15) is 4.79 Å². The molecule has 1 heterocycles. The van der Waals surface area contributed by atoms with Crippen LogP contribution in [0.3, 0.4) is 0 Å². The SMILES string of the molecule is Cl.NC(=O)C[C@@H](NCc1ccccc1)c1c[nH]c2ccccc12. The number of hydrogen-bond donors (Lipinski definition) is 3. The molecular weight excluding hydrogens is 310 g/mol. The molecule has 5 heteroatoms. The Kier molecular flexibility index (Phi) is 5.79. The van der Waals surface area contributed by atoms with Crippen molar-refractivity contribution in [1.29, 1.82) is 0 Å². The van der Waals surface area contributed by atoms with Crippen molar-refractivity contribution < 1.29 is 4.79 Å². The molecule has 23 heavy (non-hydrogen) atoms. The fourth-order valence-corrected chi connectivity index (χ4v) is 2.71. The normalized spacial score (nSPS) is 11.8. The number of carbonyl (C=O) groups is 1. The molecule has 0 aliphatic heterocycles. The van der Waals surface area contributed by atoms with Gasteiger partial charge in [-0.15, -0.1) is 12.4 Å². The molecule has 0 aliphatic rings. The first-order valence-electron chi connectivity index (χ1n) is 7.35. The third kappa shape index (κ3) is 4.12. The summed E-state index contributed by atoms with van der Waals surface area (Å²) in [5.41, 5.74) is 8.74. The molecule has 3 rings (SSSR count). The van der Waals surface area contributed by atoms with E-state index in [1.54, 1.807) is 0 Å². The van der Waals surface area contributed by atoms with Gasteiger partial charge in [0.1, 0.15) is 0 Å². The minimum absolute atomic E-state index is 0. The Morgan fingerprint density at radius 1 is 1.09 bits per heavy atom. The van der Waals surface area contributed by atoms with E-state index in [1.165, 1.54) is 5.56 Å². The van der Waals surface area contributed by atoms with Gasteiger partial charge in [-0.1, -0.05) is 48.5 Å². The van der Waals surface area contributed by atoms with Crippen molar-refractivity contribution in [2.45, 2.75) is 19.0 Å². The predicted octanol–water partition coefficient (Wildman–Crippen LogP) is 3.30. The van der Waals surface area contributed by atoms with Crippen LogP contribution in [0.15, 0.2) is 60.8 Å². The fraction of sp³-hybridized carbons (Fsp3) is 0.167. The molecule has 120 valence electrons. The zero-order valence-corrected chi connectivity index (χ0v) is 13.5. The van der Waals surface area contributed by atoms with Gasteiger partial charge in [-0.05, 0) is 17.2 Å². The van der Waals surface area contributed by atoms with Crippen LogP contribution in [0.1, 0.15) is 23.6 Å². The lowest BCUT2D eigenvalue weighted by atomic mass is 10.0. The number of H-pyrrole nitrogens is 1. The number of halogens is 1. The van der Waals surface area contributed by atoms with Crippen LogP contribution in [-0.4, -0.2) is 10.9 Å². The van der Waals surface area contributed by atoms with Crippen LogP contribution in [0.4, 0.5) is 0 Å². The minimum atomic E-state index is -0.309. The first-order valence-corrected chi connectivity index (χ1v) is 7.35. The smallest absolute Gasteiger partial charge is 0.219 e. The summed E-state index contributed by atoms with van der Waals surface area (Å²) >= 11 is 0. The molecule has 0 saturated carbocycles. The quantitative estimate of drug-likeness (QED) is 0.649. The highest BCUT2D eigenvalue weighted by atomic mass is 35.5. The molecule has 0 aliphatic carbocycles. The number of nitrogens with one attached hydrogen (secondary N) is 2. The molecule has 0 unspecified atom stereocenters. The third-order valence-electron chi connectivity index (χ3n) is 3.80. The van der Waals surface area contributed by atoms with Crippen LogP contribution in [-0.2, 0) is 11.3 Å². The van der Waals surface area contributed by atoms with Gasteiger partial charge in [0.2, 0.25) is 5.91 Å². The van der Waals surface area contributed by atoms with Crippen LogP contribution in [0.5, 0.6) is 0 Å². The largest absolute Gasteiger partial charge is 0.370 e. The number of rotatable bonds is 6. The van der Waals surface area contributed by atoms with Gasteiger partial charge in [0.25, 0.3) is 0 Å². The number of fused-ring (bicyclic) bond motifs is 1. The average Bonchev–Trinajstić information content (AvgIpc) is 2.96. The first kappa shape index (κ1) is 17.1. The molecule has 3 aromatic rings. The van der Waals surface area contributed by atoms with Crippen molar-refractivity contribution in [2.75, 3.05) is 0 Å². The van der Waals surface area contributed by atoms with E-state index in [2.05, 4.69) is 28.5 Å². The van der Waals surface area contributed by atoms with Crippen molar-refractivity contribution in [1.82, 2.24) is 10.3 Å². The number of carbonyl (C=O) groups excluding carboxylic acids is 1. The predicted molar refractivity (Wildman–Crippen MR) is 95.4 cm³/mol. The molecule has 1 atom stereocenters. The van der Waals surface area contributed by atoms with Crippen LogP contribution >= 0.6 is 12.4 Å². The van der Waals surface area contributed by atoms with Crippen LogP contribution < -0.4 is 11.1 Å². The lowest BCUT2D eigenvalue weighted by Crippen LogP contribution is -2.26. The summed E-state index contributed by atoms with van der Waals surface area (Å²) in [5, 5.41) is 4.56. The van der Waals surface area contributed by atoms with E-state index >= 15 is 0 Å². The number of hydrogen-bond acceptors (Lipinski definition) is 2. The molecule has 0 fully saturated rings. The number of amides is 1. The number of para-hydroxylation sites is 1. The van der Waals surface area contributed by atoms with Gasteiger partial charge in [0, 0.05) is 36.1 Å². The van der Waals surface area contributed by atoms with Gasteiger partial charge in [-0.2, -0.15) is 0 Å². The summed E-state index contributed by atoms with van der Waals surface area (Å²) < 4.78 is 0. The van der Waals surface area contributed by atoms with E-state index in [0.29, 0.717) is 6.54 Å². The highest BCUT2D eigenvalue weighted by molar-refractivity contribution is 5.85. The van der Waals surface area contributed by atoms with Gasteiger partial charge < -0.3 is 16.0 Å². The highest BCUT2D eigenvalue weighted by Gasteiger charge is 2.17. The minimum Gasteiger partial charge on any atom is -0.370 e. The van der Waals surface area contributed by atoms with E-state index in [-0.39, 0.29) is 30.8 Å². The Balaban J connectivity index is 0.00000192. The number of nitrogens with two attached hydrogens (primary N) is 1. The zero-order chi connectivity index (χ0) is 15.4. The fourth-order valence-electron chi connectivity index (χ4n) is 2.71. The Bertz CT molecular complexity index is 770. The van der Waals surface area contributed by atoms with Crippen LogP contribution in [0.2, 0.25) is 0 Å². The first-order chi connectivity index (χ1) is 10.7. The van der Waals surface area contributed by atoms with Crippen molar-refractivity contribution >= 4 is 29.2 Å². The van der Waals surface area contributed by atoms with Gasteiger partial charge >= 0.3 is 0 Å². The van der Waals surface area contributed by atoms with Gasteiger partial charge in [-0.25, -0.2) is 0 Å². The second kappa shape index (κ2) is 7.81. The molecule has 0 radical (unpaired) electrons. The van der Waals surface area contributed by atoms with Crippen molar-refractivity contribution in [3.05, 3.63) is 71.9 Å². The second-order valence-corrected chi connectivity index (χ2v) is 5.38. The molecule has 2 aromatic carbocycles. The molecule has 0 bridgehead atoms. The number of benzene rings is 2. The summed E-state index contributed by atoms with van der Waals surface area (Å²) in [5.74, 6) is -0.309. The maximum Gasteiger partial charge on any atom is 0.219 e. The van der Waals surface area contributed by atoms with E-state index in [0.717, 1.165) is 16.5 Å². The van der Waals surface area contributed by atoms with E-state index in [1.807, 2.05) is 42.6 Å². The van der Waals surface area contributed by atoms with Crippen molar-refractivity contribution in [3.8, 4) is 0 Å². The highest BCUT2D eigenvalue weighted by Crippen LogP contribution is 2.26. The molecule has 1 aromatic heterocycles. The van der Waals surface area contributed by atoms with Gasteiger partial charge in [-0.3, -0.25) is 4.79 Å². The van der Waals surface area contributed by atoms with Gasteiger partial charge in [0.15, 0.2) is 0 Å². The number of primary amides is 1. The molecule has 4 nitrogen and oxygen atoms in total. The molecule has 0 saturated heterocycles. The summed E-state index contributed by atoms with van der Waals surface area (Å²) in [6.07, 6.45) is 2.23. The van der Waals surface area contributed by atoms with Crippen molar-refractivity contribution in [2.24, 2.45) is 5.73 Å². The molecule has 4 N–H and O–H groups in total. The molecule has 0 spiro atoms. The van der Waals surface area contributed by atoms with Crippen LogP contribution in [0.25, 0.3) is 10.9 Å². The summed E-state index contributed by atoms with van der Waals surface area (Å²) in [4.78, 5) is 14.7. The van der Waals surface area contributed by atoms with Crippen molar-refractivity contribution in [3.63, 3.8) is 0 Å². The molecule has 1 amide bonds. The standard InChI is InChI=1S/C18H19N3O.ClH/c19-18(22)10-17(20-11-13-6-2-1-3-7-13)15-12-21-16-9-5-4-8-14(15)16;/h1-9,12,17,20-21H,10-11H2,(H2,19,22);1H/t17-;/m1./s1. The maximum atomic E-state index is 11.4. The number of aromatic amines is 1. The van der Waals surface area contributed by atoms with Gasteiger partial charge in [0.05, 0.1) is 0 Å². The zero-order valence-electron chi connectivity index (χ0n) is 12.7. The lowest BCUT2D eigenvalue weighted by Gasteiger charge is -2.17. The summed E-state index contributed by atoms with van der Waals surface area (Å²) in [7, 11) is 0. The van der Waals surface area contributed by atoms with E-state index < -0.39 is 0 Å². The Hall–Kier alpha value is -2.30. The maximum absolute atomic E-state index is 11.4. The number of aromatic nitrogens is 1. The topological polar surface area (TPSA) is 70.9 Å². The third-order valence-corrected chi connectivity index (χ3v) is 3.80. The average molecular weight is 330 g/mol. The Morgan fingerprint density at radius 3 is 2.52 bits per heavy atom. The van der Waals surface area contributed by atoms with Crippen LogP contribution in [0, 0.1) is 0 Å². The summed E-state index contributed by atoms with van der Waals surface area (Å²) in [6, 6.07) is 18.1. The Morgan fingerprint density at radius 2 is 1.78 bits per heavy atom. The Labute approximate surface area is 141 Å². The van der Waals surface area contributed by atoms with E-state index in [4.69, 9.17) is 5.73 Å². The summed E-state index contributed by atoms with van der Waals surface area (Å²) in [6.45, 7) is 0.693. The lowest BCUT2D eigenvalue weighted by molar-refractivity contribution is -0.118. The molecular formula is C18H20ClN3O. The monoisotopic (exact) mass is 329 g/mol. The second-order valence-electron chi connectivity index (χ2n) is 5.38.